The van der Waals surface area contributed by atoms with Crippen LogP contribution >= 0.6 is 45.2 Å². The first-order valence-electron chi connectivity index (χ1n) is 12.4. The number of nitrogens with zero attached hydrogens (tertiary/aromatic N) is 1. The van der Waals surface area contributed by atoms with E-state index in [9.17, 15) is 9.59 Å². The Bertz CT molecular complexity index is 1390. The van der Waals surface area contributed by atoms with Crippen molar-refractivity contribution in [3.05, 3.63) is 137 Å². The van der Waals surface area contributed by atoms with Crippen LogP contribution < -0.4 is 0 Å². The second-order valence-electron chi connectivity index (χ2n) is 9.42. The van der Waals surface area contributed by atoms with Crippen molar-refractivity contribution >= 4 is 57.1 Å². The van der Waals surface area contributed by atoms with Crippen molar-refractivity contribution in [1.82, 2.24) is 4.90 Å². The summed E-state index contributed by atoms with van der Waals surface area (Å²) >= 11 is 4.30. The number of fused-ring (bicyclic) bond motifs is 1. The first-order chi connectivity index (χ1) is 18.3. The quantitative estimate of drug-likeness (QED) is 0.214. The van der Waals surface area contributed by atoms with E-state index < -0.39 is 5.97 Å². The predicted molar refractivity (Wildman–Crippen MR) is 169 cm³/mol. The molecule has 0 aliphatic heterocycles. The van der Waals surface area contributed by atoms with E-state index in [1.807, 2.05) is 72.0 Å². The lowest BCUT2D eigenvalue weighted by Crippen LogP contribution is -2.41. The van der Waals surface area contributed by atoms with E-state index in [4.69, 9.17) is 5.11 Å². The first kappa shape index (κ1) is 28.3. The normalized spacial score (nSPS) is 12.3. The summed E-state index contributed by atoms with van der Waals surface area (Å²) in [5, 5.41) is 8.74. The molecule has 38 heavy (non-hydrogen) atoms. The molecule has 0 fully saturated rings. The maximum atomic E-state index is 13.7. The van der Waals surface area contributed by atoms with Gasteiger partial charge < -0.3 is 10.0 Å². The van der Waals surface area contributed by atoms with E-state index in [0.717, 1.165) is 36.7 Å². The number of hydrogen-bond donors (Lipinski definition) is 1. The molecular formula is C32H29I2NO3. The van der Waals surface area contributed by atoms with Gasteiger partial charge in [0, 0.05) is 19.7 Å². The van der Waals surface area contributed by atoms with Crippen molar-refractivity contribution in [2.24, 2.45) is 0 Å². The Kier molecular flexibility index (Phi) is 9.59. The van der Waals surface area contributed by atoms with Gasteiger partial charge in [0.05, 0.1) is 11.1 Å². The molecule has 0 bridgehead atoms. The van der Waals surface area contributed by atoms with Gasteiger partial charge in [0.25, 0.3) is 5.91 Å². The second-order valence-corrected chi connectivity index (χ2v) is 11.7. The molecule has 1 N–H and O–H groups in total. The van der Waals surface area contributed by atoms with Gasteiger partial charge in [-0.15, -0.1) is 0 Å². The fourth-order valence-corrected chi connectivity index (χ4v) is 6.58. The summed E-state index contributed by atoms with van der Waals surface area (Å²) in [5.74, 6) is -0.716. The van der Waals surface area contributed by atoms with Crippen LogP contribution in [0, 0.1) is 21.0 Å². The summed E-state index contributed by atoms with van der Waals surface area (Å²) < 4.78 is 1.81. The summed E-state index contributed by atoms with van der Waals surface area (Å²) in [7, 11) is 0. The van der Waals surface area contributed by atoms with Crippen molar-refractivity contribution in [2.75, 3.05) is 0 Å². The van der Waals surface area contributed by atoms with Crippen molar-refractivity contribution in [2.45, 2.75) is 39.3 Å². The van der Waals surface area contributed by atoms with Crippen LogP contribution in [0.1, 0.15) is 48.5 Å². The summed E-state index contributed by atoms with van der Waals surface area (Å²) in [6.07, 6.45) is 1.86. The lowest BCUT2D eigenvalue weighted by molar-refractivity contribution is 0.0663. The Hall–Kier alpha value is -2.72. The first-order valence-corrected chi connectivity index (χ1v) is 14.6. The molecule has 6 heteroatoms. The Morgan fingerprint density at radius 3 is 1.71 bits per heavy atom. The third-order valence-electron chi connectivity index (χ3n) is 6.80. The molecule has 5 rings (SSSR count). The van der Waals surface area contributed by atoms with Crippen LogP contribution in [-0.2, 0) is 19.4 Å². The molecule has 0 heterocycles. The van der Waals surface area contributed by atoms with Gasteiger partial charge in [-0.1, -0.05) is 78.9 Å². The number of aryl methyl sites for hydroxylation is 2. The van der Waals surface area contributed by atoms with E-state index in [0.29, 0.717) is 12.1 Å². The van der Waals surface area contributed by atoms with Crippen LogP contribution in [0.25, 0.3) is 0 Å². The Morgan fingerprint density at radius 1 is 0.737 bits per heavy atom. The molecule has 0 saturated carbocycles. The number of carboxylic acid groups (broad SMARTS) is 1. The lowest BCUT2D eigenvalue weighted by atomic mass is 10.0. The maximum absolute atomic E-state index is 13.7. The second kappa shape index (κ2) is 12.9. The number of carbonyl (C=O) groups excluding carboxylic acids is 1. The third-order valence-corrected chi connectivity index (χ3v) is 8.60. The minimum atomic E-state index is -0.854. The highest BCUT2D eigenvalue weighted by atomic mass is 127. The minimum Gasteiger partial charge on any atom is -0.478 e. The fourth-order valence-electron chi connectivity index (χ4n) is 4.85. The zero-order valence-electron chi connectivity index (χ0n) is 21.3. The number of aromatic carboxylic acids is 1. The SMILES string of the molecule is Cc1cccc(I)c1C(=O)N(Cc1ccccc1)C1Cc2ccccc2C1.Cc1cccc(I)c1C(=O)O. The molecule has 0 unspecified atom stereocenters. The molecule has 1 aliphatic rings. The number of rotatable bonds is 5. The summed E-state index contributed by atoms with van der Waals surface area (Å²) in [4.78, 5) is 26.4. The van der Waals surface area contributed by atoms with Crippen molar-refractivity contribution < 1.29 is 14.7 Å². The smallest absolute Gasteiger partial charge is 0.337 e. The van der Waals surface area contributed by atoms with Crippen LogP contribution in [-0.4, -0.2) is 27.9 Å². The number of amides is 1. The average Bonchev–Trinajstić information content (AvgIpc) is 3.32. The summed E-state index contributed by atoms with van der Waals surface area (Å²) in [5.41, 5.74) is 7.01. The van der Waals surface area contributed by atoms with Gasteiger partial charge in [-0.25, -0.2) is 4.79 Å². The van der Waals surface area contributed by atoms with Crippen molar-refractivity contribution in [1.29, 1.82) is 0 Å². The molecular weight excluding hydrogens is 700 g/mol. The molecule has 1 amide bonds. The summed E-state index contributed by atoms with van der Waals surface area (Å²) in [6, 6.07) is 30.6. The molecule has 4 aromatic carbocycles. The van der Waals surface area contributed by atoms with E-state index in [2.05, 4.69) is 63.9 Å². The Labute approximate surface area is 251 Å². The highest BCUT2D eigenvalue weighted by molar-refractivity contribution is 14.1. The van der Waals surface area contributed by atoms with Gasteiger partial charge in [-0.3, -0.25) is 4.79 Å². The molecule has 1 aliphatic carbocycles. The molecule has 0 atom stereocenters. The number of carbonyl (C=O) groups is 2. The number of carboxylic acids is 1. The van der Waals surface area contributed by atoms with Crippen LogP contribution in [0.4, 0.5) is 0 Å². The standard InChI is InChI=1S/C24H22INO.C8H7IO2/c1-17-8-7-13-22(25)23(17)24(27)26(16-18-9-3-2-4-10-18)21-14-19-11-5-6-12-20(19)15-21;1-5-3-2-4-6(9)7(5)8(10)11/h2-13,21H,14-16H2,1H3;2-4H,1H3,(H,10,11). The lowest BCUT2D eigenvalue weighted by Gasteiger charge is -2.30. The zero-order chi connectivity index (χ0) is 27.2. The van der Waals surface area contributed by atoms with Crippen molar-refractivity contribution in [3.63, 3.8) is 0 Å². The minimum absolute atomic E-state index is 0.138. The zero-order valence-corrected chi connectivity index (χ0v) is 25.6. The van der Waals surface area contributed by atoms with E-state index in [1.165, 1.54) is 16.7 Å². The molecule has 0 saturated heterocycles. The summed E-state index contributed by atoms with van der Waals surface area (Å²) in [6.45, 7) is 4.47. The van der Waals surface area contributed by atoms with Crippen LogP contribution in [0.15, 0.2) is 91.0 Å². The third kappa shape index (κ3) is 6.64. The molecule has 4 aromatic rings. The van der Waals surface area contributed by atoms with Crippen LogP contribution in [0.2, 0.25) is 0 Å². The monoisotopic (exact) mass is 729 g/mol. The maximum Gasteiger partial charge on any atom is 0.337 e. The average molecular weight is 729 g/mol. The largest absolute Gasteiger partial charge is 0.478 e. The topological polar surface area (TPSA) is 57.6 Å². The van der Waals surface area contributed by atoms with E-state index >= 15 is 0 Å². The number of halogens is 2. The Balaban J connectivity index is 0.000000257. The fraction of sp³-hybridized carbons (Fsp3) is 0.188. The molecule has 0 aromatic heterocycles. The van der Waals surface area contributed by atoms with E-state index in [-0.39, 0.29) is 11.9 Å². The number of hydrogen-bond acceptors (Lipinski definition) is 2. The van der Waals surface area contributed by atoms with Gasteiger partial charge in [0.1, 0.15) is 0 Å². The molecule has 194 valence electrons. The van der Waals surface area contributed by atoms with Gasteiger partial charge in [0.2, 0.25) is 0 Å². The molecule has 0 spiro atoms. The molecule has 4 nitrogen and oxygen atoms in total. The van der Waals surface area contributed by atoms with Crippen LogP contribution in [0.5, 0.6) is 0 Å². The number of benzene rings is 4. The van der Waals surface area contributed by atoms with Crippen molar-refractivity contribution in [3.8, 4) is 0 Å². The molecule has 0 radical (unpaired) electrons. The van der Waals surface area contributed by atoms with Gasteiger partial charge in [0.15, 0.2) is 0 Å². The van der Waals surface area contributed by atoms with Gasteiger partial charge in [-0.05, 0) is 112 Å². The highest BCUT2D eigenvalue weighted by Gasteiger charge is 2.31. The van der Waals surface area contributed by atoms with Crippen LogP contribution in [0.3, 0.4) is 0 Å². The Morgan fingerprint density at radius 2 is 1.24 bits per heavy atom. The van der Waals surface area contributed by atoms with E-state index in [1.54, 1.807) is 19.1 Å². The van der Waals surface area contributed by atoms with Gasteiger partial charge >= 0.3 is 5.97 Å². The predicted octanol–water partition coefficient (Wildman–Crippen LogP) is 7.71. The van der Waals surface area contributed by atoms with Gasteiger partial charge in [-0.2, -0.15) is 0 Å². The highest BCUT2D eigenvalue weighted by Crippen LogP contribution is 2.29.